The highest BCUT2D eigenvalue weighted by Gasteiger charge is 2.23. The average Bonchev–Trinajstić information content (AvgIpc) is 2.89. The number of halogens is 1. The molecule has 9 heteroatoms. The zero-order valence-corrected chi connectivity index (χ0v) is 20.1. The molecule has 0 saturated heterocycles. The van der Waals surface area contributed by atoms with Gasteiger partial charge in [0.25, 0.3) is 5.56 Å². The molecular weight excluding hydrogens is 485 g/mol. The van der Waals surface area contributed by atoms with Crippen LogP contribution in [0.1, 0.15) is 5.56 Å². The van der Waals surface area contributed by atoms with Gasteiger partial charge in [0.05, 0.1) is 26.3 Å². The van der Waals surface area contributed by atoms with E-state index in [0.717, 1.165) is 5.56 Å². The van der Waals surface area contributed by atoms with Crippen molar-refractivity contribution in [2.45, 2.75) is 16.3 Å². The Balaban J connectivity index is 1.82. The third-order valence-electron chi connectivity index (χ3n) is 5.83. The van der Waals surface area contributed by atoms with E-state index in [1.165, 1.54) is 37.0 Å². The predicted octanol–water partition coefficient (Wildman–Crippen LogP) is 5.17. The van der Waals surface area contributed by atoms with E-state index in [1.54, 1.807) is 30.3 Å². The number of hydrogen-bond acceptors (Lipinski definition) is 7. The fourth-order valence-corrected chi connectivity index (χ4v) is 4.94. The molecule has 2 heterocycles. The molecule has 0 aliphatic heterocycles. The lowest BCUT2D eigenvalue weighted by molar-refractivity contribution is 0.408. The Morgan fingerprint density at radius 1 is 1.00 bits per heavy atom. The Kier molecular flexibility index (Phi) is 6.15. The summed E-state index contributed by atoms with van der Waals surface area (Å²) >= 11 is 0.699. The summed E-state index contributed by atoms with van der Waals surface area (Å²) in [4.78, 5) is 26.5. The van der Waals surface area contributed by atoms with E-state index >= 15 is 0 Å². The number of ether oxygens (including phenoxy) is 2. The van der Waals surface area contributed by atoms with Gasteiger partial charge in [0, 0.05) is 21.9 Å². The summed E-state index contributed by atoms with van der Waals surface area (Å²) in [5.41, 5.74) is -0.368. The molecule has 0 aliphatic rings. The van der Waals surface area contributed by atoms with Gasteiger partial charge in [-0.1, -0.05) is 42.1 Å². The van der Waals surface area contributed by atoms with Crippen molar-refractivity contribution in [2.75, 3.05) is 14.2 Å². The topological polar surface area (TPSA) is 90.9 Å². The normalized spacial score (nSPS) is 11.2. The molecule has 182 valence electrons. The average molecular weight is 506 g/mol. The third kappa shape index (κ3) is 3.97. The molecule has 3 aromatic carbocycles. The molecule has 2 aromatic heterocycles. The van der Waals surface area contributed by atoms with Crippen molar-refractivity contribution in [3.8, 4) is 17.2 Å². The van der Waals surface area contributed by atoms with Crippen LogP contribution in [0.3, 0.4) is 0 Å². The van der Waals surface area contributed by atoms with Gasteiger partial charge >= 0.3 is 5.63 Å². The molecule has 7 nitrogen and oxygen atoms in total. The van der Waals surface area contributed by atoms with Crippen molar-refractivity contribution in [3.63, 3.8) is 0 Å². The molecule has 0 amide bonds. The predicted molar refractivity (Wildman–Crippen MR) is 135 cm³/mol. The molecule has 5 rings (SSSR count). The van der Waals surface area contributed by atoms with Gasteiger partial charge in [-0.2, -0.15) is 0 Å². The number of nitrogens with zero attached hydrogens (tertiary/aromatic N) is 1. The molecule has 1 N–H and O–H groups in total. The van der Waals surface area contributed by atoms with Crippen molar-refractivity contribution >= 4 is 33.6 Å². The Morgan fingerprint density at radius 3 is 2.50 bits per heavy atom. The minimum atomic E-state index is -0.882. The zero-order valence-electron chi connectivity index (χ0n) is 19.3. The van der Waals surface area contributed by atoms with Crippen molar-refractivity contribution in [3.05, 3.63) is 98.9 Å². The maximum Gasteiger partial charge on any atom is 0.354 e. The van der Waals surface area contributed by atoms with Gasteiger partial charge in [-0.25, -0.2) is 9.18 Å². The molecule has 36 heavy (non-hydrogen) atoms. The van der Waals surface area contributed by atoms with Gasteiger partial charge < -0.3 is 23.6 Å². The van der Waals surface area contributed by atoms with Gasteiger partial charge in [-0.05, 0) is 30.3 Å². The fraction of sp³-hybridized carbons (Fsp3) is 0.111. The molecular formula is C27H20FNO6S. The second-order valence-electron chi connectivity index (χ2n) is 7.89. The van der Waals surface area contributed by atoms with E-state index in [2.05, 4.69) is 0 Å². The Morgan fingerprint density at radius 2 is 1.75 bits per heavy atom. The van der Waals surface area contributed by atoms with Crippen molar-refractivity contribution < 1.29 is 23.4 Å². The monoisotopic (exact) mass is 505 g/mol. The minimum absolute atomic E-state index is 0.0608. The maximum atomic E-state index is 14.3. The van der Waals surface area contributed by atoms with Crippen LogP contribution in [-0.2, 0) is 6.54 Å². The molecule has 0 atom stereocenters. The van der Waals surface area contributed by atoms with Crippen LogP contribution in [0.25, 0.3) is 21.9 Å². The number of para-hydroxylation sites is 1. The first-order valence-electron chi connectivity index (χ1n) is 10.9. The standard InChI is InChI=1S/C27H20FNO6S/c1-33-16-11-12-17-19(13-16)29(14-15-7-3-5-9-20(15)34-2)26(31)22-23(30)25(27(32)35-24(17)22)36-21-10-6-4-8-18(21)28/h3-13,30H,14H2,1-2H3. The number of pyridine rings is 1. The lowest BCUT2D eigenvalue weighted by Crippen LogP contribution is -2.23. The highest BCUT2D eigenvalue weighted by atomic mass is 32.2. The van der Waals surface area contributed by atoms with Crippen molar-refractivity contribution in [2.24, 2.45) is 0 Å². The van der Waals surface area contributed by atoms with Crippen LogP contribution in [0.4, 0.5) is 4.39 Å². The summed E-state index contributed by atoms with van der Waals surface area (Å²) in [6, 6.07) is 18.1. The summed E-state index contributed by atoms with van der Waals surface area (Å²) in [5, 5.41) is 11.4. The summed E-state index contributed by atoms with van der Waals surface area (Å²) in [7, 11) is 3.04. The number of hydrogen-bond donors (Lipinski definition) is 1. The van der Waals surface area contributed by atoms with Gasteiger partial charge in [-0.3, -0.25) is 4.79 Å². The fourth-order valence-electron chi connectivity index (χ4n) is 4.08. The van der Waals surface area contributed by atoms with Crippen LogP contribution < -0.4 is 20.7 Å². The van der Waals surface area contributed by atoms with E-state index in [4.69, 9.17) is 13.9 Å². The number of aromatic hydroxyl groups is 1. The highest BCUT2D eigenvalue weighted by Crippen LogP contribution is 2.38. The maximum absolute atomic E-state index is 14.3. The summed E-state index contributed by atoms with van der Waals surface area (Å²) in [6.45, 7) is 0.108. The van der Waals surface area contributed by atoms with Crippen molar-refractivity contribution in [1.82, 2.24) is 4.57 Å². The van der Waals surface area contributed by atoms with E-state index in [-0.39, 0.29) is 27.3 Å². The van der Waals surface area contributed by atoms with Gasteiger partial charge in [0.15, 0.2) is 11.3 Å². The lowest BCUT2D eigenvalue weighted by atomic mass is 10.1. The number of methoxy groups -OCH3 is 2. The van der Waals surface area contributed by atoms with Gasteiger partial charge in [-0.15, -0.1) is 0 Å². The molecule has 5 aromatic rings. The molecule has 0 radical (unpaired) electrons. The number of fused-ring (bicyclic) bond motifs is 3. The smallest absolute Gasteiger partial charge is 0.354 e. The van der Waals surface area contributed by atoms with Crippen LogP contribution in [0.2, 0.25) is 0 Å². The molecule has 0 spiro atoms. The number of rotatable bonds is 6. The molecule has 0 unspecified atom stereocenters. The number of benzene rings is 3. The first kappa shape index (κ1) is 23.5. The minimum Gasteiger partial charge on any atom is -0.505 e. The van der Waals surface area contributed by atoms with Crippen LogP contribution in [-0.4, -0.2) is 23.9 Å². The Hall–Kier alpha value is -4.24. The molecule has 0 bridgehead atoms. The molecule has 0 aliphatic carbocycles. The SMILES string of the molecule is COc1ccc2c3oc(=O)c(Sc4ccccc4F)c(O)c3c(=O)n(Cc3ccccc3OC)c2c1. The van der Waals surface area contributed by atoms with E-state index < -0.39 is 22.8 Å². The molecule has 0 saturated carbocycles. The van der Waals surface area contributed by atoms with Crippen LogP contribution >= 0.6 is 11.8 Å². The Bertz CT molecular complexity index is 1740. The van der Waals surface area contributed by atoms with Crippen LogP contribution in [0, 0.1) is 5.82 Å². The quantitative estimate of drug-likeness (QED) is 0.319. The van der Waals surface area contributed by atoms with E-state index in [1.807, 2.05) is 18.2 Å². The Labute approximate surface area is 208 Å². The van der Waals surface area contributed by atoms with E-state index in [0.29, 0.717) is 34.2 Å². The van der Waals surface area contributed by atoms with Gasteiger partial charge in [0.2, 0.25) is 0 Å². The summed E-state index contributed by atoms with van der Waals surface area (Å²) < 4.78 is 32.1. The molecule has 0 fully saturated rings. The number of aromatic nitrogens is 1. The van der Waals surface area contributed by atoms with Crippen LogP contribution in [0.5, 0.6) is 17.2 Å². The van der Waals surface area contributed by atoms with Crippen LogP contribution in [0.15, 0.2) is 90.5 Å². The first-order valence-corrected chi connectivity index (χ1v) is 11.7. The van der Waals surface area contributed by atoms with Gasteiger partial charge in [0.1, 0.15) is 27.6 Å². The third-order valence-corrected chi connectivity index (χ3v) is 6.94. The van der Waals surface area contributed by atoms with Crippen molar-refractivity contribution in [1.29, 1.82) is 0 Å². The zero-order chi connectivity index (χ0) is 25.4. The lowest BCUT2D eigenvalue weighted by Gasteiger charge is -2.16. The largest absolute Gasteiger partial charge is 0.505 e. The summed E-state index contributed by atoms with van der Waals surface area (Å²) in [6.07, 6.45) is 0. The van der Waals surface area contributed by atoms with E-state index in [9.17, 15) is 19.1 Å². The highest BCUT2D eigenvalue weighted by molar-refractivity contribution is 7.99. The second-order valence-corrected chi connectivity index (χ2v) is 8.94. The second kappa shape index (κ2) is 9.43. The first-order chi connectivity index (χ1) is 17.4. The summed E-state index contributed by atoms with van der Waals surface area (Å²) in [5.74, 6) is -0.0555.